The van der Waals surface area contributed by atoms with Crippen LogP contribution in [0.4, 0.5) is 0 Å². The van der Waals surface area contributed by atoms with Gasteiger partial charge in [-0.25, -0.2) is 0 Å². The van der Waals surface area contributed by atoms with Crippen molar-refractivity contribution in [1.82, 2.24) is 0 Å². The maximum absolute atomic E-state index is 5.93. The maximum atomic E-state index is 5.93. The molecule has 2 heteroatoms. The zero-order chi connectivity index (χ0) is 21.6. The minimum absolute atomic E-state index is 0.740. The summed E-state index contributed by atoms with van der Waals surface area (Å²) in [5.74, 6) is 3.39. The van der Waals surface area contributed by atoms with Crippen LogP contribution in [0, 0.1) is 11.8 Å². The molecule has 0 aromatic heterocycles. The topological polar surface area (TPSA) is 18.5 Å². The van der Waals surface area contributed by atoms with Crippen LogP contribution in [0.15, 0.2) is 48.5 Å². The fourth-order valence-corrected chi connectivity index (χ4v) is 3.64. The van der Waals surface area contributed by atoms with Crippen molar-refractivity contribution in [3.63, 3.8) is 0 Å². The Morgan fingerprint density at radius 3 is 1.27 bits per heavy atom. The summed E-state index contributed by atoms with van der Waals surface area (Å²) in [6.07, 6.45) is 10.0. The normalized spacial score (nSPS) is 13.1. The van der Waals surface area contributed by atoms with Gasteiger partial charge in [0.25, 0.3) is 0 Å². The molecule has 0 fully saturated rings. The van der Waals surface area contributed by atoms with Crippen molar-refractivity contribution in [2.45, 2.75) is 79.1 Å². The maximum Gasteiger partial charge on any atom is 0.119 e. The molecule has 30 heavy (non-hydrogen) atoms. The lowest BCUT2D eigenvalue weighted by molar-refractivity contribution is 0.277. The van der Waals surface area contributed by atoms with E-state index < -0.39 is 0 Å². The molecule has 2 aromatic carbocycles. The monoisotopic (exact) mass is 410 g/mol. The number of hydrogen-bond acceptors (Lipinski definition) is 2. The molecular weight excluding hydrogens is 368 g/mol. The Kier molecular flexibility index (Phi) is 11.4. The summed E-state index contributed by atoms with van der Waals surface area (Å²) < 4.78 is 11.9. The van der Waals surface area contributed by atoms with E-state index in [1.807, 2.05) is 0 Å². The van der Waals surface area contributed by atoms with E-state index in [9.17, 15) is 0 Å². The average molecular weight is 411 g/mol. The van der Waals surface area contributed by atoms with Crippen molar-refractivity contribution in [3.05, 3.63) is 48.5 Å². The van der Waals surface area contributed by atoms with E-state index in [1.54, 1.807) is 0 Å². The fourth-order valence-electron chi connectivity index (χ4n) is 3.64. The first-order chi connectivity index (χ1) is 14.6. The number of ether oxygens (including phenoxy) is 2. The Morgan fingerprint density at radius 2 is 0.933 bits per heavy atom. The zero-order valence-electron chi connectivity index (χ0n) is 19.7. The molecule has 0 aliphatic rings. The summed E-state index contributed by atoms with van der Waals surface area (Å²) in [5, 5.41) is 0. The van der Waals surface area contributed by atoms with Crippen LogP contribution in [0.3, 0.4) is 0 Å². The molecule has 166 valence electrons. The van der Waals surface area contributed by atoms with Gasteiger partial charge in [-0.1, -0.05) is 90.5 Å². The van der Waals surface area contributed by atoms with Crippen molar-refractivity contribution in [1.29, 1.82) is 0 Å². The molecule has 0 bridgehead atoms. The molecular formula is C28H42O2. The molecule has 2 atom stereocenters. The van der Waals surface area contributed by atoms with Gasteiger partial charge in [0.1, 0.15) is 11.5 Å². The molecule has 2 unspecified atom stereocenters. The minimum Gasteiger partial charge on any atom is -0.494 e. The Morgan fingerprint density at radius 1 is 0.567 bits per heavy atom. The Labute approximate surface area is 185 Å². The molecule has 2 nitrogen and oxygen atoms in total. The average Bonchev–Trinajstić information content (AvgIpc) is 2.77. The molecule has 0 saturated heterocycles. The lowest BCUT2D eigenvalue weighted by atomic mass is 10.0. The third kappa shape index (κ3) is 9.24. The van der Waals surface area contributed by atoms with Crippen molar-refractivity contribution in [2.24, 2.45) is 11.8 Å². The zero-order valence-corrected chi connectivity index (χ0v) is 19.7. The standard InChI is InChI=1S/C28H42O2/c1-5-7-9-23(3)19-21-29-27-15-11-25(12-16-27)26-13-17-28(18-14-26)30-22-20-24(4)10-8-6-2/h11-18,23-24H,5-10,19-22H2,1-4H3. The second-order valence-corrected chi connectivity index (χ2v) is 8.82. The van der Waals surface area contributed by atoms with Crippen LogP contribution >= 0.6 is 0 Å². The van der Waals surface area contributed by atoms with Crippen molar-refractivity contribution >= 4 is 0 Å². The molecule has 0 aliphatic carbocycles. The third-order valence-corrected chi connectivity index (χ3v) is 5.90. The number of unbranched alkanes of at least 4 members (excludes halogenated alkanes) is 2. The van der Waals surface area contributed by atoms with Crippen LogP contribution < -0.4 is 9.47 Å². The highest BCUT2D eigenvalue weighted by Crippen LogP contribution is 2.25. The third-order valence-electron chi connectivity index (χ3n) is 5.90. The van der Waals surface area contributed by atoms with Gasteiger partial charge in [-0.2, -0.15) is 0 Å². The van der Waals surface area contributed by atoms with Gasteiger partial charge < -0.3 is 9.47 Å². The Balaban J connectivity index is 1.75. The van der Waals surface area contributed by atoms with Gasteiger partial charge in [0.05, 0.1) is 13.2 Å². The molecule has 2 aromatic rings. The summed E-state index contributed by atoms with van der Waals surface area (Å²) >= 11 is 0. The second-order valence-electron chi connectivity index (χ2n) is 8.82. The molecule has 0 spiro atoms. The molecule has 0 aliphatic heterocycles. The van der Waals surface area contributed by atoms with E-state index >= 15 is 0 Å². The highest BCUT2D eigenvalue weighted by molar-refractivity contribution is 5.64. The van der Waals surface area contributed by atoms with Gasteiger partial charge >= 0.3 is 0 Å². The summed E-state index contributed by atoms with van der Waals surface area (Å²) in [5.41, 5.74) is 2.41. The van der Waals surface area contributed by atoms with Crippen LogP contribution in [0.5, 0.6) is 11.5 Å². The smallest absolute Gasteiger partial charge is 0.119 e. The van der Waals surface area contributed by atoms with Crippen molar-refractivity contribution in [3.8, 4) is 22.6 Å². The largest absolute Gasteiger partial charge is 0.494 e. The number of benzene rings is 2. The predicted molar refractivity (Wildman–Crippen MR) is 129 cm³/mol. The summed E-state index contributed by atoms with van der Waals surface area (Å²) in [7, 11) is 0. The first-order valence-electron chi connectivity index (χ1n) is 12.1. The van der Waals surface area contributed by atoms with E-state index in [0.29, 0.717) is 0 Å². The van der Waals surface area contributed by atoms with Gasteiger partial charge in [-0.3, -0.25) is 0 Å². The molecule has 0 N–H and O–H groups in total. The number of hydrogen-bond donors (Lipinski definition) is 0. The van der Waals surface area contributed by atoms with Gasteiger partial charge in [0.15, 0.2) is 0 Å². The van der Waals surface area contributed by atoms with Crippen LogP contribution in [0.25, 0.3) is 11.1 Å². The molecule has 0 radical (unpaired) electrons. The second kappa shape index (κ2) is 14.1. The first-order valence-corrected chi connectivity index (χ1v) is 12.1. The lowest BCUT2D eigenvalue weighted by Crippen LogP contribution is -2.04. The van der Waals surface area contributed by atoms with Crippen LogP contribution in [-0.4, -0.2) is 13.2 Å². The van der Waals surface area contributed by atoms with Gasteiger partial charge in [0, 0.05) is 0 Å². The van der Waals surface area contributed by atoms with Crippen molar-refractivity contribution in [2.75, 3.05) is 13.2 Å². The molecule has 0 heterocycles. The summed E-state index contributed by atoms with van der Waals surface area (Å²) in [4.78, 5) is 0. The molecule has 0 saturated carbocycles. The number of rotatable bonds is 15. The van der Waals surface area contributed by atoms with Crippen LogP contribution in [0.1, 0.15) is 79.1 Å². The fraction of sp³-hybridized carbons (Fsp3) is 0.571. The Bertz CT molecular complexity index is 613. The predicted octanol–water partition coefficient (Wildman–Crippen LogP) is 8.54. The van der Waals surface area contributed by atoms with Gasteiger partial charge in [-0.05, 0) is 60.1 Å². The highest BCUT2D eigenvalue weighted by atomic mass is 16.5. The van der Waals surface area contributed by atoms with Crippen LogP contribution in [0.2, 0.25) is 0 Å². The first kappa shape index (κ1) is 24.3. The quantitative estimate of drug-likeness (QED) is 0.293. The van der Waals surface area contributed by atoms with E-state index in [2.05, 4.69) is 76.2 Å². The molecule has 2 rings (SSSR count). The summed E-state index contributed by atoms with van der Waals surface area (Å²) in [6, 6.07) is 16.9. The minimum atomic E-state index is 0.740. The van der Waals surface area contributed by atoms with E-state index in [4.69, 9.17) is 9.47 Å². The SMILES string of the molecule is CCCCC(C)CCOc1ccc(-c2ccc(OCCC(C)CCCC)cc2)cc1. The van der Waals surface area contributed by atoms with Gasteiger partial charge in [-0.15, -0.1) is 0 Å². The lowest BCUT2D eigenvalue weighted by Gasteiger charge is -2.13. The Hall–Kier alpha value is -1.96. The van der Waals surface area contributed by atoms with Crippen LogP contribution in [-0.2, 0) is 0 Å². The molecule has 0 amide bonds. The van der Waals surface area contributed by atoms with E-state index in [-0.39, 0.29) is 0 Å². The van der Waals surface area contributed by atoms with E-state index in [1.165, 1.54) is 49.7 Å². The van der Waals surface area contributed by atoms with E-state index in [0.717, 1.165) is 49.4 Å². The van der Waals surface area contributed by atoms with Gasteiger partial charge in [0.2, 0.25) is 0 Å². The summed E-state index contributed by atoms with van der Waals surface area (Å²) in [6.45, 7) is 10.7. The highest BCUT2D eigenvalue weighted by Gasteiger charge is 2.05. The van der Waals surface area contributed by atoms with Crippen molar-refractivity contribution < 1.29 is 9.47 Å².